The summed E-state index contributed by atoms with van der Waals surface area (Å²) < 4.78 is 18.3. The average Bonchev–Trinajstić information content (AvgIpc) is 3.60. The van der Waals surface area contributed by atoms with Crippen LogP contribution in [0.3, 0.4) is 0 Å². The first-order valence-corrected chi connectivity index (χ1v) is 13.0. The molecular weight excluding hydrogens is 454 g/mol. The maximum Gasteiger partial charge on any atom is 0.268 e. The molecule has 4 heterocycles. The first kappa shape index (κ1) is 22.1. The molecule has 3 aromatic heterocycles. The Balaban J connectivity index is 1.41. The van der Waals surface area contributed by atoms with Crippen molar-refractivity contribution in [3.05, 3.63) is 53.2 Å². The van der Waals surface area contributed by atoms with Gasteiger partial charge in [0.15, 0.2) is 0 Å². The van der Waals surface area contributed by atoms with E-state index in [-0.39, 0.29) is 5.25 Å². The normalized spacial score (nSPS) is 17.0. The van der Waals surface area contributed by atoms with Gasteiger partial charge in [0.1, 0.15) is 5.69 Å². The molecule has 0 radical (unpaired) electrons. The number of nitrogens with one attached hydrogen (secondary N) is 1. The second kappa shape index (κ2) is 9.24. The van der Waals surface area contributed by atoms with E-state index in [4.69, 9.17) is 9.40 Å². The van der Waals surface area contributed by atoms with Crippen molar-refractivity contribution in [2.45, 2.75) is 49.8 Å². The zero-order valence-corrected chi connectivity index (χ0v) is 20.4. The quantitative estimate of drug-likeness (QED) is 0.408. The van der Waals surface area contributed by atoms with Crippen molar-refractivity contribution in [3.63, 3.8) is 0 Å². The Morgan fingerprint density at radius 3 is 2.64 bits per heavy atom. The molecule has 0 bridgehead atoms. The molecule has 7 nitrogen and oxygen atoms in total. The maximum absolute atomic E-state index is 12.3. The van der Waals surface area contributed by atoms with Crippen LogP contribution in [0.25, 0.3) is 33.6 Å². The average molecular weight is 480 g/mol. The molecule has 0 spiro atoms. The first-order valence-electron chi connectivity index (χ1n) is 11.0. The molecule has 2 unspecified atom stereocenters. The van der Waals surface area contributed by atoms with E-state index in [2.05, 4.69) is 26.6 Å². The summed E-state index contributed by atoms with van der Waals surface area (Å²) >= 11 is 1.68. The molecule has 0 saturated carbocycles. The lowest BCUT2D eigenvalue weighted by Crippen LogP contribution is -2.11. The number of thiophene rings is 1. The third kappa shape index (κ3) is 4.53. The smallest absolute Gasteiger partial charge is 0.268 e. The Kier molecular flexibility index (Phi) is 6.18. The molecule has 1 N–H and O–H groups in total. The molecule has 5 rings (SSSR count). The summed E-state index contributed by atoms with van der Waals surface area (Å²) in [6.45, 7) is 6.83. The van der Waals surface area contributed by atoms with Gasteiger partial charge in [-0.25, -0.2) is 4.98 Å². The molecule has 1 aliphatic rings. The van der Waals surface area contributed by atoms with Crippen molar-refractivity contribution in [1.82, 2.24) is 25.5 Å². The summed E-state index contributed by atoms with van der Waals surface area (Å²) in [7, 11) is -1.02. The third-order valence-electron chi connectivity index (χ3n) is 5.63. The summed E-state index contributed by atoms with van der Waals surface area (Å²) in [5.74, 6) is 0.842. The van der Waals surface area contributed by atoms with Crippen LogP contribution in [-0.2, 0) is 10.8 Å². The summed E-state index contributed by atoms with van der Waals surface area (Å²) in [5.41, 5.74) is 2.87. The van der Waals surface area contributed by atoms with E-state index in [1.165, 1.54) is 11.3 Å². The Morgan fingerprint density at radius 2 is 1.91 bits per heavy atom. The van der Waals surface area contributed by atoms with E-state index < -0.39 is 10.8 Å². The van der Waals surface area contributed by atoms with E-state index in [0.717, 1.165) is 28.3 Å². The molecule has 1 fully saturated rings. The lowest BCUT2D eigenvalue weighted by Gasteiger charge is -2.08. The Labute approximate surface area is 199 Å². The standard InChI is InChI=1S/C24H25N5O2S2/c1-14(2)33(30)17-8-6-16(7-9-17)19-13-26-15(3)22(27-19)24-29-28-23(31-24)21-11-10-20(32-21)18-5-4-12-25-18/h6-11,13-14,18,25H,4-5,12H2,1-3H3. The molecular formula is C24H25N5O2S2. The molecule has 170 valence electrons. The monoisotopic (exact) mass is 479 g/mol. The van der Waals surface area contributed by atoms with Gasteiger partial charge in [-0.05, 0) is 50.6 Å². The van der Waals surface area contributed by atoms with Crippen LogP contribution in [0.1, 0.15) is 43.3 Å². The van der Waals surface area contributed by atoms with Gasteiger partial charge in [0, 0.05) is 26.6 Å². The fourth-order valence-electron chi connectivity index (χ4n) is 3.82. The van der Waals surface area contributed by atoms with E-state index in [0.29, 0.717) is 34.9 Å². The summed E-state index contributed by atoms with van der Waals surface area (Å²) in [5, 5.41) is 12.1. The van der Waals surface area contributed by atoms with Gasteiger partial charge in [0.05, 0.1) is 33.3 Å². The summed E-state index contributed by atoms with van der Waals surface area (Å²) in [6.07, 6.45) is 4.09. The van der Waals surface area contributed by atoms with Gasteiger partial charge < -0.3 is 9.73 Å². The van der Waals surface area contributed by atoms with Gasteiger partial charge >= 0.3 is 0 Å². The molecule has 2 atom stereocenters. The van der Waals surface area contributed by atoms with Gasteiger partial charge in [0.25, 0.3) is 11.8 Å². The minimum Gasteiger partial charge on any atom is -0.414 e. The molecule has 9 heteroatoms. The first-order chi connectivity index (χ1) is 16.0. The SMILES string of the molecule is Cc1ncc(-c2ccc(S(=O)C(C)C)cc2)nc1-c1nnc(-c2ccc(C3CCCN3)s2)o1. The molecule has 0 amide bonds. The highest BCUT2D eigenvalue weighted by Gasteiger charge is 2.21. The van der Waals surface area contributed by atoms with E-state index in [9.17, 15) is 4.21 Å². The van der Waals surface area contributed by atoms with Crippen LogP contribution < -0.4 is 5.32 Å². The van der Waals surface area contributed by atoms with Crippen LogP contribution in [0, 0.1) is 6.92 Å². The van der Waals surface area contributed by atoms with Crippen LogP contribution in [0.5, 0.6) is 0 Å². The number of hydrogen-bond acceptors (Lipinski definition) is 8. The molecule has 1 aliphatic heterocycles. The largest absolute Gasteiger partial charge is 0.414 e. The second-order valence-corrected chi connectivity index (χ2v) is 11.4. The number of nitrogens with zero attached hydrogens (tertiary/aromatic N) is 4. The van der Waals surface area contributed by atoms with E-state index in [1.54, 1.807) is 17.5 Å². The third-order valence-corrected chi connectivity index (χ3v) is 8.41. The number of aromatic nitrogens is 4. The predicted octanol–water partition coefficient (Wildman–Crippen LogP) is 5.17. The van der Waals surface area contributed by atoms with Crippen LogP contribution in [-0.4, -0.2) is 36.2 Å². The van der Waals surface area contributed by atoms with Crippen LogP contribution in [0.4, 0.5) is 0 Å². The number of aryl methyl sites for hydroxylation is 1. The predicted molar refractivity (Wildman–Crippen MR) is 130 cm³/mol. The highest BCUT2D eigenvalue weighted by atomic mass is 32.2. The van der Waals surface area contributed by atoms with Crippen LogP contribution >= 0.6 is 11.3 Å². The molecule has 33 heavy (non-hydrogen) atoms. The van der Waals surface area contributed by atoms with Crippen molar-refractivity contribution in [3.8, 4) is 33.6 Å². The number of rotatable bonds is 6. The van der Waals surface area contributed by atoms with Gasteiger partial charge in [-0.3, -0.25) is 9.19 Å². The molecule has 1 saturated heterocycles. The van der Waals surface area contributed by atoms with E-state index >= 15 is 0 Å². The van der Waals surface area contributed by atoms with Crippen molar-refractivity contribution < 1.29 is 8.63 Å². The fourth-order valence-corrected chi connectivity index (χ4v) is 5.81. The van der Waals surface area contributed by atoms with Crippen molar-refractivity contribution in [1.29, 1.82) is 0 Å². The van der Waals surface area contributed by atoms with Crippen molar-refractivity contribution in [2.24, 2.45) is 0 Å². The minimum atomic E-state index is -1.02. The second-order valence-electron chi connectivity index (χ2n) is 8.32. The highest BCUT2D eigenvalue weighted by molar-refractivity contribution is 7.85. The van der Waals surface area contributed by atoms with Crippen molar-refractivity contribution >= 4 is 22.1 Å². The number of hydrogen-bond donors (Lipinski definition) is 1. The summed E-state index contributed by atoms with van der Waals surface area (Å²) in [6, 6.07) is 12.2. The number of benzene rings is 1. The van der Waals surface area contributed by atoms with Crippen LogP contribution in [0.2, 0.25) is 0 Å². The highest BCUT2D eigenvalue weighted by Crippen LogP contribution is 2.35. The molecule has 0 aliphatic carbocycles. The van der Waals surface area contributed by atoms with E-state index in [1.807, 2.05) is 51.1 Å². The Morgan fingerprint density at radius 1 is 1.12 bits per heavy atom. The Bertz CT molecular complexity index is 1290. The maximum atomic E-state index is 12.3. The molecule has 1 aromatic carbocycles. The molecule has 4 aromatic rings. The van der Waals surface area contributed by atoms with Gasteiger partial charge in [0.2, 0.25) is 0 Å². The summed E-state index contributed by atoms with van der Waals surface area (Å²) in [4.78, 5) is 12.3. The zero-order valence-electron chi connectivity index (χ0n) is 18.7. The fraction of sp³-hybridized carbons (Fsp3) is 0.333. The van der Waals surface area contributed by atoms with Gasteiger partial charge in [-0.15, -0.1) is 21.5 Å². The topological polar surface area (TPSA) is 93.8 Å². The Hall–Kier alpha value is -2.75. The lowest BCUT2D eigenvalue weighted by atomic mass is 10.1. The van der Waals surface area contributed by atoms with Gasteiger partial charge in [-0.2, -0.15) is 0 Å². The lowest BCUT2D eigenvalue weighted by molar-refractivity contribution is 0.582. The zero-order chi connectivity index (χ0) is 22.9. The van der Waals surface area contributed by atoms with Crippen molar-refractivity contribution in [2.75, 3.05) is 6.54 Å². The van der Waals surface area contributed by atoms with Gasteiger partial charge in [-0.1, -0.05) is 26.0 Å². The van der Waals surface area contributed by atoms with Crippen LogP contribution in [0.15, 0.2) is 51.9 Å². The minimum absolute atomic E-state index is 0.0715.